The SMILES string of the molecule is O=C(NCc1ccccc1)c1cn(CCCCc2cc3c(nn2)CC=C3I)nn1. The summed E-state index contributed by atoms with van der Waals surface area (Å²) in [4.78, 5) is 12.2. The monoisotopic (exact) mass is 500 g/mol. The minimum atomic E-state index is -0.212. The summed E-state index contributed by atoms with van der Waals surface area (Å²) in [7, 11) is 0. The zero-order valence-corrected chi connectivity index (χ0v) is 18.0. The van der Waals surface area contributed by atoms with Crippen LogP contribution < -0.4 is 5.32 Å². The lowest BCUT2D eigenvalue weighted by atomic mass is 10.1. The summed E-state index contributed by atoms with van der Waals surface area (Å²) in [5.41, 5.74) is 4.70. The molecule has 2 heterocycles. The molecule has 3 aromatic rings. The van der Waals surface area contributed by atoms with Gasteiger partial charge in [0, 0.05) is 28.7 Å². The fourth-order valence-electron chi connectivity index (χ4n) is 3.19. The van der Waals surface area contributed by atoms with Gasteiger partial charge in [-0.25, -0.2) is 0 Å². The van der Waals surface area contributed by atoms with Crippen LogP contribution in [0.25, 0.3) is 3.58 Å². The largest absolute Gasteiger partial charge is 0.347 e. The van der Waals surface area contributed by atoms with Crippen molar-refractivity contribution in [1.82, 2.24) is 30.5 Å². The Bertz CT molecular complexity index is 1030. The van der Waals surface area contributed by atoms with Crippen LogP contribution in [-0.4, -0.2) is 31.1 Å². The number of carbonyl (C=O) groups excluding carboxylic acids is 1. The van der Waals surface area contributed by atoms with Gasteiger partial charge in [0.1, 0.15) is 0 Å². The van der Waals surface area contributed by atoms with Crippen LogP contribution in [0.2, 0.25) is 0 Å². The molecule has 1 N–H and O–H groups in total. The highest BCUT2D eigenvalue weighted by Crippen LogP contribution is 2.30. The van der Waals surface area contributed by atoms with Crippen molar-refractivity contribution in [3.8, 4) is 0 Å². The first-order valence-corrected chi connectivity index (χ1v) is 10.7. The summed E-state index contributed by atoms with van der Waals surface area (Å²) in [6, 6.07) is 11.9. The molecule has 0 aliphatic heterocycles. The third kappa shape index (κ3) is 5.06. The number of nitrogens with one attached hydrogen (secondary N) is 1. The van der Waals surface area contributed by atoms with Crippen molar-refractivity contribution in [2.24, 2.45) is 0 Å². The maximum absolute atomic E-state index is 12.2. The summed E-state index contributed by atoms with van der Waals surface area (Å²) in [6.45, 7) is 1.19. The van der Waals surface area contributed by atoms with E-state index in [0.717, 1.165) is 49.2 Å². The topological polar surface area (TPSA) is 85.6 Å². The third-order valence-corrected chi connectivity index (χ3v) is 5.81. The van der Waals surface area contributed by atoms with Crippen molar-refractivity contribution in [2.45, 2.75) is 38.8 Å². The highest BCUT2D eigenvalue weighted by molar-refractivity contribution is 14.1. The third-order valence-electron chi connectivity index (χ3n) is 4.79. The van der Waals surface area contributed by atoms with E-state index >= 15 is 0 Å². The molecule has 1 aliphatic carbocycles. The first-order valence-electron chi connectivity index (χ1n) is 9.63. The molecule has 0 atom stereocenters. The van der Waals surface area contributed by atoms with Crippen LogP contribution in [0.5, 0.6) is 0 Å². The standard InChI is InChI=1S/C21H21IN6O/c22-18-9-10-19-17(18)12-16(24-25-19)8-4-5-11-28-14-20(26-27-28)21(29)23-13-15-6-2-1-3-7-15/h1-3,6-7,9,12,14H,4-5,8,10-11,13H2,(H,23,29). The number of hydrogen-bond donors (Lipinski definition) is 1. The Morgan fingerprint density at radius 2 is 2.00 bits per heavy atom. The van der Waals surface area contributed by atoms with Crippen molar-refractivity contribution in [3.63, 3.8) is 0 Å². The highest BCUT2D eigenvalue weighted by Gasteiger charge is 2.15. The molecular weight excluding hydrogens is 479 g/mol. The molecular formula is C21H21IN6O. The molecule has 0 unspecified atom stereocenters. The maximum atomic E-state index is 12.2. The van der Waals surface area contributed by atoms with Crippen LogP contribution in [-0.2, 0) is 25.9 Å². The summed E-state index contributed by atoms with van der Waals surface area (Å²) >= 11 is 2.35. The number of aromatic nitrogens is 5. The molecule has 2 aromatic heterocycles. The van der Waals surface area contributed by atoms with Gasteiger partial charge in [-0.05, 0) is 53.5 Å². The van der Waals surface area contributed by atoms with Gasteiger partial charge in [0.15, 0.2) is 5.69 Å². The van der Waals surface area contributed by atoms with Gasteiger partial charge in [0.25, 0.3) is 5.91 Å². The van der Waals surface area contributed by atoms with Gasteiger partial charge in [0.2, 0.25) is 0 Å². The summed E-state index contributed by atoms with van der Waals surface area (Å²) in [5, 5.41) is 19.6. The van der Waals surface area contributed by atoms with Crippen LogP contribution in [0.15, 0.2) is 48.7 Å². The van der Waals surface area contributed by atoms with E-state index in [1.54, 1.807) is 10.9 Å². The second-order valence-corrected chi connectivity index (χ2v) is 8.11. The molecule has 1 aliphatic rings. The van der Waals surface area contributed by atoms with Crippen molar-refractivity contribution in [3.05, 3.63) is 76.9 Å². The smallest absolute Gasteiger partial charge is 0.273 e. The van der Waals surface area contributed by atoms with Crippen molar-refractivity contribution >= 4 is 32.1 Å². The number of carbonyl (C=O) groups is 1. The van der Waals surface area contributed by atoms with E-state index in [2.05, 4.69) is 60.6 Å². The average Bonchev–Trinajstić information content (AvgIpc) is 3.37. The lowest BCUT2D eigenvalue weighted by molar-refractivity contribution is 0.0946. The zero-order chi connectivity index (χ0) is 20.1. The van der Waals surface area contributed by atoms with Crippen molar-refractivity contribution in [2.75, 3.05) is 0 Å². The van der Waals surface area contributed by atoms with Gasteiger partial charge in [0.05, 0.1) is 17.6 Å². The molecule has 4 rings (SSSR count). The number of nitrogens with zero attached hydrogens (tertiary/aromatic N) is 5. The van der Waals surface area contributed by atoms with Gasteiger partial charge >= 0.3 is 0 Å². The number of fused-ring (bicyclic) bond motifs is 1. The average molecular weight is 500 g/mol. The molecule has 0 spiro atoms. The predicted molar refractivity (Wildman–Crippen MR) is 118 cm³/mol. The molecule has 0 saturated carbocycles. The fraction of sp³-hybridized carbons (Fsp3) is 0.286. The lowest BCUT2D eigenvalue weighted by Crippen LogP contribution is -2.23. The van der Waals surface area contributed by atoms with Gasteiger partial charge in [-0.3, -0.25) is 9.48 Å². The number of allylic oxidation sites excluding steroid dienone is 1. The van der Waals surface area contributed by atoms with Crippen LogP contribution >= 0.6 is 22.6 Å². The van der Waals surface area contributed by atoms with Gasteiger partial charge in [-0.2, -0.15) is 10.2 Å². The summed E-state index contributed by atoms with van der Waals surface area (Å²) in [6.07, 6.45) is 7.55. The Kier molecular flexibility index (Phi) is 6.28. The minimum Gasteiger partial charge on any atom is -0.347 e. The van der Waals surface area contributed by atoms with E-state index in [-0.39, 0.29) is 5.91 Å². The summed E-state index contributed by atoms with van der Waals surface area (Å²) in [5.74, 6) is -0.212. The molecule has 8 heteroatoms. The molecule has 0 saturated heterocycles. The van der Waals surface area contributed by atoms with E-state index < -0.39 is 0 Å². The van der Waals surface area contributed by atoms with Crippen LogP contribution in [0.3, 0.4) is 0 Å². The molecule has 0 radical (unpaired) electrons. The van der Waals surface area contributed by atoms with Crippen molar-refractivity contribution < 1.29 is 4.79 Å². The molecule has 7 nitrogen and oxygen atoms in total. The Labute approximate surface area is 182 Å². The fourth-order valence-corrected chi connectivity index (χ4v) is 3.88. The molecule has 148 valence electrons. The molecule has 1 amide bonds. The molecule has 29 heavy (non-hydrogen) atoms. The number of halogens is 1. The Hall–Kier alpha value is -2.62. The zero-order valence-electron chi connectivity index (χ0n) is 15.9. The Morgan fingerprint density at radius 3 is 2.86 bits per heavy atom. The van der Waals surface area contributed by atoms with Crippen molar-refractivity contribution in [1.29, 1.82) is 0 Å². The van der Waals surface area contributed by atoms with Gasteiger partial charge in [-0.15, -0.1) is 5.10 Å². The Morgan fingerprint density at radius 1 is 1.14 bits per heavy atom. The Balaban J connectivity index is 1.22. The number of hydrogen-bond acceptors (Lipinski definition) is 5. The van der Waals surface area contributed by atoms with E-state index in [0.29, 0.717) is 12.2 Å². The quantitative estimate of drug-likeness (QED) is 0.379. The number of amides is 1. The van der Waals surface area contributed by atoms with Crippen LogP contribution in [0.1, 0.15) is 45.8 Å². The second kappa shape index (κ2) is 9.25. The van der Waals surface area contributed by atoms with Gasteiger partial charge in [-0.1, -0.05) is 41.6 Å². The minimum absolute atomic E-state index is 0.212. The van der Waals surface area contributed by atoms with Gasteiger partial charge < -0.3 is 5.32 Å². The lowest BCUT2D eigenvalue weighted by Gasteiger charge is -2.04. The first kappa shape index (κ1) is 19.7. The normalized spacial score (nSPS) is 12.5. The molecule has 1 aromatic carbocycles. The number of aryl methyl sites for hydroxylation is 2. The second-order valence-electron chi connectivity index (χ2n) is 6.94. The number of unbranched alkanes of at least 4 members (excludes halogenated alkanes) is 1. The predicted octanol–water partition coefficient (Wildman–Crippen LogP) is 3.35. The van der Waals surface area contributed by atoms with E-state index in [1.807, 2.05) is 30.3 Å². The molecule has 0 bridgehead atoms. The van der Waals surface area contributed by atoms with E-state index in [9.17, 15) is 4.79 Å². The van der Waals surface area contributed by atoms with Crippen LogP contribution in [0, 0.1) is 0 Å². The first-order chi connectivity index (χ1) is 14.2. The maximum Gasteiger partial charge on any atom is 0.273 e. The summed E-state index contributed by atoms with van der Waals surface area (Å²) < 4.78 is 2.98. The van der Waals surface area contributed by atoms with E-state index in [1.165, 1.54) is 9.14 Å². The molecule has 0 fully saturated rings. The number of benzene rings is 1. The van der Waals surface area contributed by atoms with E-state index in [4.69, 9.17) is 0 Å². The number of rotatable bonds is 8. The van der Waals surface area contributed by atoms with Crippen LogP contribution in [0.4, 0.5) is 0 Å². The highest BCUT2D eigenvalue weighted by atomic mass is 127.